The number of amides is 1. The van der Waals surface area contributed by atoms with E-state index in [1.807, 2.05) is 19.9 Å². The number of fused-ring (bicyclic) bond motifs is 1. The lowest BCUT2D eigenvalue weighted by Gasteiger charge is -2.35. The minimum atomic E-state index is -0.513. The van der Waals surface area contributed by atoms with Crippen molar-refractivity contribution in [3.05, 3.63) is 22.5 Å². The number of pyridine rings is 1. The van der Waals surface area contributed by atoms with Crippen LogP contribution in [0.25, 0.3) is 10.2 Å². The summed E-state index contributed by atoms with van der Waals surface area (Å²) in [6, 6.07) is 2.04. The maximum Gasteiger partial charge on any atom is 0.260 e. The van der Waals surface area contributed by atoms with Crippen LogP contribution < -0.4 is 16.4 Å². The minimum Gasteiger partial charge on any atom is -0.397 e. The van der Waals surface area contributed by atoms with Crippen LogP contribution in [0.1, 0.15) is 34.0 Å². The van der Waals surface area contributed by atoms with Gasteiger partial charge in [0, 0.05) is 18.8 Å². The number of rotatable bonds is 7. The Morgan fingerprint density at radius 2 is 2.23 bits per heavy atom. The van der Waals surface area contributed by atoms with Gasteiger partial charge in [-0.1, -0.05) is 0 Å². The number of hydrogen-bond acceptors (Lipinski definition) is 9. The predicted molar refractivity (Wildman–Crippen MR) is 116 cm³/mol. The predicted octanol–water partition coefficient (Wildman–Crippen LogP) is 1.51. The lowest BCUT2D eigenvalue weighted by Crippen LogP contribution is -2.37. The Kier molecular flexibility index (Phi) is 5.82. The zero-order valence-electron chi connectivity index (χ0n) is 17.2. The number of carbonyl (C=O) groups is 1. The van der Waals surface area contributed by atoms with Crippen molar-refractivity contribution in [1.29, 1.82) is 0 Å². The molecule has 0 aromatic carbocycles. The number of tetrazole rings is 1. The Hall–Kier alpha value is -2.79. The molecule has 4 heterocycles. The monoisotopic (exact) mass is 430 g/mol. The van der Waals surface area contributed by atoms with Crippen molar-refractivity contribution in [3.8, 4) is 0 Å². The zero-order valence-corrected chi connectivity index (χ0v) is 18.0. The standard InChI is InChI=1S/C19H26N8O2S/c1-11-8-14(15-16(20)17(18(21)28)30-19(15)22-11)26-5-3-4-13(9-26)10-29-7-6-27-24-12(2)23-25-27/h8,13H,3-7,9-10,20H2,1-2H3,(H2,21,28)/t13-/m0/s1. The molecule has 0 spiro atoms. The molecule has 160 valence electrons. The molecule has 1 aliphatic heterocycles. The molecule has 3 aromatic heterocycles. The first kappa shape index (κ1) is 20.5. The highest BCUT2D eigenvalue weighted by molar-refractivity contribution is 7.21. The van der Waals surface area contributed by atoms with Crippen molar-refractivity contribution in [2.24, 2.45) is 11.7 Å². The van der Waals surface area contributed by atoms with Crippen molar-refractivity contribution in [2.75, 3.05) is 36.9 Å². The quantitative estimate of drug-likeness (QED) is 0.538. The van der Waals surface area contributed by atoms with Gasteiger partial charge in [-0.15, -0.1) is 21.5 Å². The average molecular weight is 431 g/mol. The SMILES string of the molecule is Cc1cc(N2CCC[C@H](COCCn3nnc(C)n3)C2)c2c(N)c(C(N)=O)sc2n1. The summed E-state index contributed by atoms with van der Waals surface area (Å²) >= 11 is 1.26. The highest BCUT2D eigenvalue weighted by Gasteiger charge is 2.25. The molecule has 0 aliphatic carbocycles. The first-order valence-corrected chi connectivity index (χ1v) is 10.8. The number of primary amides is 1. The Bertz CT molecular complexity index is 1060. The maximum atomic E-state index is 11.7. The first-order chi connectivity index (χ1) is 14.4. The van der Waals surface area contributed by atoms with E-state index in [2.05, 4.69) is 25.3 Å². The summed E-state index contributed by atoms with van der Waals surface area (Å²) in [7, 11) is 0. The van der Waals surface area contributed by atoms with Gasteiger partial charge in [0.05, 0.1) is 36.5 Å². The van der Waals surface area contributed by atoms with Crippen LogP contribution >= 0.6 is 11.3 Å². The number of carbonyl (C=O) groups excluding carboxylic acids is 1. The van der Waals surface area contributed by atoms with Gasteiger partial charge in [-0.2, -0.15) is 4.80 Å². The number of anilines is 2. The molecule has 0 bridgehead atoms. The van der Waals surface area contributed by atoms with Crippen molar-refractivity contribution >= 4 is 38.8 Å². The molecule has 4 rings (SSSR count). The third kappa shape index (κ3) is 4.21. The van der Waals surface area contributed by atoms with Gasteiger partial charge >= 0.3 is 0 Å². The number of thiophene rings is 1. The first-order valence-electron chi connectivity index (χ1n) is 9.99. The van der Waals surface area contributed by atoms with Crippen LogP contribution in [0.2, 0.25) is 0 Å². The molecular weight excluding hydrogens is 404 g/mol. The largest absolute Gasteiger partial charge is 0.397 e. The van der Waals surface area contributed by atoms with Crippen LogP contribution in [0.4, 0.5) is 11.4 Å². The van der Waals surface area contributed by atoms with Gasteiger partial charge in [0.25, 0.3) is 5.91 Å². The number of nitrogens with zero attached hydrogens (tertiary/aromatic N) is 6. The molecule has 1 fully saturated rings. The van der Waals surface area contributed by atoms with E-state index < -0.39 is 5.91 Å². The average Bonchev–Trinajstić information content (AvgIpc) is 3.28. The molecule has 4 N–H and O–H groups in total. The molecule has 1 amide bonds. The molecule has 30 heavy (non-hydrogen) atoms. The summed E-state index contributed by atoms with van der Waals surface area (Å²) in [5.41, 5.74) is 14.1. The van der Waals surface area contributed by atoms with E-state index in [0.717, 1.165) is 47.5 Å². The smallest absolute Gasteiger partial charge is 0.260 e. The topological polar surface area (TPSA) is 138 Å². The zero-order chi connectivity index (χ0) is 21.3. The number of ether oxygens (including phenoxy) is 1. The van der Waals surface area contributed by atoms with Crippen LogP contribution in [0.15, 0.2) is 6.07 Å². The Labute approximate surface area is 178 Å². The second-order valence-corrected chi connectivity index (χ2v) is 8.63. The number of piperidine rings is 1. The van der Waals surface area contributed by atoms with E-state index in [0.29, 0.717) is 42.1 Å². The normalized spacial score (nSPS) is 17.0. The third-order valence-electron chi connectivity index (χ3n) is 5.23. The van der Waals surface area contributed by atoms with Gasteiger partial charge in [-0.25, -0.2) is 4.98 Å². The Morgan fingerprint density at radius 1 is 1.40 bits per heavy atom. The van der Waals surface area contributed by atoms with Crippen LogP contribution in [0.5, 0.6) is 0 Å². The van der Waals surface area contributed by atoms with Gasteiger partial charge < -0.3 is 21.1 Å². The van der Waals surface area contributed by atoms with Crippen LogP contribution in [0.3, 0.4) is 0 Å². The fraction of sp³-hybridized carbons (Fsp3) is 0.526. The van der Waals surface area contributed by atoms with Gasteiger partial charge in [-0.05, 0) is 43.9 Å². The van der Waals surface area contributed by atoms with Crippen molar-refractivity contribution in [2.45, 2.75) is 33.2 Å². The number of nitrogens with two attached hydrogens (primary N) is 2. The Morgan fingerprint density at radius 3 is 2.97 bits per heavy atom. The summed E-state index contributed by atoms with van der Waals surface area (Å²) in [6.07, 6.45) is 2.17. The molecule has 11 heteroatoms. The highest BCUT2D eigenvalue weighted by Crippen LogP contribution is 2.40. The molecular formula is C19H26N8O2S. The van der Waals surface area contributed by atoms with Crippen LogP contribution in [-0.4, -0.2) is 57.4 Å². The summed E-state index contributed by atoms with van der Waals surface area (Å²) in [4.78, 5) is 21.3. The summed E-state index contributed by atoms with van der Waals surface area (Å²) < 4.78 is 5.89. The van der Waals surface area contributed by atoms with Gasteiger partial charge in [0.2, 0.25) is 0 Å². The number of hydrogen-bond donors (Lipinski definition) is 2. The minimum absolute atomic E-state index is 0.373. The number of aromatic nitrogens is 5. The molecule has 1 atom stereocenters. The lowest BCUT2D eigenvalue weighted by atomic mass is 9.98. The Balaban J connectivity index is 1.45. The van der Waals surface area contributed by atoms with Gasteiger partial charge in [0.1, 0.15) is 9.71 Å². The van der Waals surface area contributed by atoms with E-state index in [-0.39, 0.29) is 0 Å². The van der Waals surface area contributed by atoms with E-state index in [1.165, 1.54) is 11.3 Å². The second kappa shape index (κ2) is 8.52. The fourth-order valence-corrected chi connectivity index (χ4v) is 4.90. The van der Waals surface area contributed by atoms with Crippen LogP contribution in [-0.2, 0) is 11.3 Å². The van der Waals surface area contributed by atoms with Crippen molar-refractivity contribution in [1.82, 2.24) is 25.2 Å². The van der Waals surface area contributed by atoms with Crippen molar-refractivity contribution in [3.63, 3.8) is 0 Å². The number of aryl methyl sites for hydroxylation is 2. The van der Waals surface area contributed by atoms with E-state index in [9.17, 15) is 4.79 Å². The molecule has 0 saturated carbocycles. The van der Waals surface area contributed by atoms with Crippen molar-refractivity contribution < 1.29 is 9.53 Å². The fourth-order valence-electron chi connectivity index (χ4n) is 3.89. The summed E-state index contributed by atoms with van der Waals surface area (Å²) in [6.45, 7) is 7.35. The van der Waals surface area contributed by atoms with E-state index in [1.54, 1.807) is 4.80 Å². The molecule has 0 radical (unpaired) electrons. The summed E-state index contributed by atoms with van der Waals surface area (Å²) in [5.74, 6) is 0.549. The molecule has 1 saturated heterocycles. The molecule has 10 nitrogen and oxygen atoms in total. The molecule has 3 aromatic rings. The van der Waals surface area contributed by atoms with E-state index >= 15 is 0 Å². The highest BCUT2D eigenvalue weighted by atomic mass is 32.1. The summed E-state index contributed by atoms with van der Waals surface area (Å²) in [5, 5.41) is 12.8. The number of nitrogen functional groups attached to an aromatic ring is 1. The molecule has 1 aliphatic rings. The van der Waals surface area contributed by atoms with Crippen LogP contribution in [0, 0.1) is 19.8 Å². The lowest BCUT2D eigenvalue weighted by molar-refractivity contribution is 0.0834. The van der Waals surface area contributed by atoms with E-state index in [4.69, 9.17) is 16.2 Å². The second-order valence-electron chi connectivity index (χ2n) is 7.63. The molecule has 0 unspecified atom stereocenters. The third-order valence-corrected chi connectivity index (χ3v) is 6.35. The van der Waals surface area contributed by atoms with Gasteiger partial charge in [-0.3, -0.25) is 4.79 Å². The van der Waals surface area contributed by atoms with Gasteiger partial charge in [0.15, 0.2) is 5.82 Å². The maximum absolute atomic E-state index is 11.7.